The van der Waals surface area contributed by atoms with E-state index >= 15 is 0 Å². The Hall–Kier alpha value is -2.99. The monoisotopic (exact) mass is 323 g/mol. The largest absolute Gasteiger partial charge is 0.497 e. The highest BCUT2D eigenvalue weighted by Crippen LogP contribution is 2.24. The van der Waals surface area contributed by atoms with Crippen molar-refractivity contribution in [3.8, 4) is 28.5 Å². The van der Waals surface area contributed by atoms with E-state index in [0.717, 1.165) is 23.2 Å². The number of nitrogens with zero attached hydrogens (tertiary/aromatic N) is 3. The van der Waals surface area contributed by atoms with Crippen LogP contribution in [-0.4, -0.2) is 35.3 Å². The third kappa shape index (κ3) is 3.18. The van der Waals surface area contributed by atoms with Crippen LogP contribution in [0.2, 0.25) is 0 Å². The molecule has 1 heterocycles. The summed E-state index contributed by atoms with van der Waals surface area (Å²) in [5, 5.41) is 4.51. The normalized spacial score (nSPS) is 10.6. The van der Waals surface area contributed by atoms with E-state index in [9.17, 15) is 4.79 Å². The Labute approximate surface area is 139 Å². The van der Waals surface area contributed by atoms with Gasteiger partial charge in [0.05, 0.1) is 7.11 Å². The molecule has 6 nitrogen and oxygen atoms in total. The summed E-state index contributed by atoms with van der Waals surface area (Å²) < 4.78 is 12.0. The van der Waals surface area contributed by atoms with Crippen molar-refractivity contribution in [2.75, 3.05) is 14.2 Å². The molecular weight excluding hydrogens is 306 g/mol. The van der Waals surface area contributed by atoms with E-state index < -0.39 is 0 Å². The molecule has 0 N–H and O–H groups in total. The number of benzene rings is 2. The molecule has 122 valence electrons. The maximum absolute atomic E-state index is 11.0. The van der Waals surface area contributed by atoms with Gasteiger partial charge in [0.2, 0.25) is 0 Å². The Morgan fingerprint density at radius 2 is 1.88 bits per heavy atom. The van der Waals surface area contributed by atoms with Crippen LogP contribution in [0.25, 0.3) is 22.8 Å². The van der Waals surface area contributed by atoms with Crippen molar-refractivity contribution in [3.63, 3.8) is 0 Å². The van der Waals surface area contributed by atoms with Crippen LogP contribution in [0.3, 0.4) is 0 Å². The van der Waals surface area contributed by atoms with Crippen LogP contribution in [-0.2, 0) is 11.5 Å². The fraction of sp³-hybridized carbons (Fsp3) is 0.167. The van der Waals surface area contributed by atoms with Crippen LogP contribution in [0.1, 0.15) is 10.4 Å². The lowest BCUT2D eigenvalue weighted by atomic mass is 10.1. The average Bonchev–Trinajstić information content (AvgIpc) is 3.06. The zero-order chi connectivity index (χ0) is 16.9. The molecular formula is C18H17N3O3. The number of carbonyl (C=O) groups is 1. The highest BCUT2D eigenvalue weighted by atomic mass is 16.5. The van der Waals surface area contributed by atoms with Gasteiger partial charge in [0.15, 0.2) is 11.6 Å². The number of hydrogen-bond donors (Lipinski definition) is 0. The number of rotatable bonds is 6. The van der Waals surface area contributed by atoms with Crippen LogP contribution < -0.4 is 4.74 Å². The summed E-state index contributed by atoms with van der Waals surface area (Å²) in [5.74, 6) is 2.00. The van der Waals surface area contributed by atoms with E-state index in [1.807, 2.05) is 36.4 Å². The van der Waals surface area contributed by atoms with Gasteiger partial charge < -0.3 is 9.47 Å². The second kappa shape index (κ2) is 7.06. The standard InChI is InChI=1S/C18H17N3O3/c1-23-12-21-18(15-5-3-4-13(10-15)11-22)19-17(20-21)14-6-8-16(24-2)9-7-14/h3-11H,12H2,1-2H3. The Morgan fingerprint density at radius 3 is 2.54 bits per heavy atom. The summed E-state index contributed by atoms with van der Waals surface area (Å²) in [6, 6.07) is 14.8. The Balaban J connectivity index is 2.04. The molecule has 0 amide bonds. The second-order valence-electron chi connectivity index (χ2n) is 5.15. The number of hydrogen-bond acceptors (Lipinski definition) is 5. The first-order chi connectivity index (χ1) is 11.7. The lowest BCUT2D eigenvalue weighted by Gasteiger charge is -2.04. The molecule has 24 heavy (non-hydrogen) atoms. The van der Waals surface area contributed by atoms with Crippen molar-refractivity contribution in [1.82, 2.24) is 14.8 Å². The quantitative estimate of drug-likeness (QED) is 0.652. The third-order valence-corrected chi connectivity index (χ3v) is 3.55. The molecule has 0 unspecified atom stereocenters. The fourth-order valence-corrected chi connectivity index (χ4v) is 2.38. The van der Waals surface area contributed by atoms with Gasteiger partial charge in [-0.25, -0.2) is 9.67 Å². The summed E-state index contributed by atoms with van der Waals surface area (Å²) >= 11 is 0. The number of ether oxygens (including phenoxy) is 2. The van der Waals surface area contributed by atoms with Crippen molar-refractivity contribution < 1.29 is 14.3 Å². The summed E-state index contributed by atoms with van der Waals surface area (Å²) in [6.07, 6.45) is 0.810. The van der Waals surface area contributed by atoms with Crippen molar-refractivity contribution in [3.05, 3.63) is 54.1 Å². The first-order valence-corrected chi connectivity index (χ1v) is 7.39. The fourth-order valence-electron chi connectivity index (χ4n) is 2.38. The Kier molecular flexibility index (Phi) is 4.67. The molecule has 3 rings (SSSR count). The van der Waals surface area contributed by atoms with Gasteiger partial charge in [-0.2, -0.15) is 0 Å². The highest BCUT2D eigenvalue weighted by molar-refractivity contribution is 5.78. The molecule has 0 aliphatic carbocycles. The third-order valence-electron chi connectivity index (χ3n) is 3.55. The summed E-state index contributed by atoms with van der Waals surface area (Å²) in [7, 11) is 3.22. The smallest absolute Gasteiger partial charge is 0.181 e. The summed E-state index contributed by atoms with van der Waals surface area (Å²) in [6.45, 7) is 0.268. The highest BCUT2D eigenvalue weighted by Gasteiger charge is 2.14. The van der Waals surface area contributed by atoms with E-state index in [-0.39, 0.29) is 6.73 Å². The average molecular weight is 323 g/mol. The minimum atomic E-state index is 0.268. The Bertz CT molecular complexity index is 841. The zero-order valence-corrected chi connectivity index (χ0v) is 13.5. The summed E-state index contributed by atoms with van der Waals surface area (Å²) in [4.78, 5) is 15.6. The van der Waals surface area contributed by atoms with E-state index in [2.05, 4.69) is 10.1 Å². The number of aldehydes is 1. The molecule has 3 aromatic rings. The van der Waals surface area contributed by atoms with Gasteiger partial charge in [-0.3, -0.25) is 4.79 Å². The first kappa shape index (κ1) is 15.9. The molecule has 2 aromatic carbocycles. The molecule has 6 heteroatoms. The van der Waals surface area contributed by atoms with Crippen LogP contribution >= 0.6 is 0 Å². The molecule has 0 saturated carbocycles. The molecule has 0 fully saturated rings. The van der Waals surface area contributed by atoms with E-state index in [0.29, 0.717) is 17.2 Å². The zero-order valence-electron chi connectivity index (χ0n) is 13.5. The number of aromatic nitrogens is 3. The lowest BCUT2D eigenvalue weighted by molar-refractivity contribution is 0.112. The van der Waals surface area contributed by atoms with Crippen LogP contribution in [0, 0.1) is 0 Å². The van der Waals surface area contributed by atoms with Crippen molar-refractivity contribution in [2.45, 2.75) is 6.73 Å². The molecule has 0 saturated heterocycles. The van der Waals surface area contributed by atoms with Gasteiger partial charge in [0.25, 0.3) is 0 Å². The van der Waals surface area contributed by atoms with E-state index in [1.165, 1.54) is 0 Å². The van der Waals surface area contributed by atoms with E-state index in [1.54, 1.807) is 31.0 Å². The van der Waals surface area contributed by atoms with Gasteiger partial charge in [-0.1, -0.05) is 18.2 Å². The van der Waals surface area contributed by atoms with Crippen LogP contribution in [0.4, 0.5) is 0 Å². The van der Waals surface area contributed by atoms with Crippen LogP contribution in [0.15, 0.2) is 48.5 Å². The summed E-state index contributed by atoms with van der Waals surface area (Å²) in [5.41, 5.74) is 2.27. The van der Waals surface area contributed by atoms with Gasteiger partial charge in [-0.05, 0) is 30.3 Å². The topological polar surface area (TPSA) is 66.2 Å². The minimum Gasteiger partial charge on any atom is -0.497 e. The van der Waals surface area contributed by atoms with Crippen LogP contribution in [0.5, 0.6) is 5.75 Å². The molecule has 0 radical (unpaired) electrons. The SMILES string of the molecule is COCn1nc(-c2ccc(OC)cc2)nc1-c1cccc(C=O)c1. The molecule has 0 aliphatic heterocycles. The minimum absolute atomic E-state index is 0.268. The lowest BCUT2D eigenvalue weighted by Crippen LogP contribution is -2.04. The predicted octanol–water partition coefficient (Wildman–Crippen LogP) is 3.04. The number of methoxy groups -OCH3 is 2. The maximum Gasteiger partial charge on any atom is 0.181 e. The number of carbonyl (C=O) groups excluding carboxylic acids is 1. The Morgan fingerprint density at radius 1 is 1.08 bits per heavy atom. The predicted molar refractivity (Wildman–Crippen MR) is 89.8 cm³/mol. The van der Waals surface area contributed by atoms with Crippen molar-refractivity contribution in [1.29, 1.82) is 0 Å². The molecule has 0 bridgehead atoms. The molecule has 0 aliphatic rings. The van der Waals surface area contributed by atoms with Gasteiger partial charge in [-0.15, -0.1) is 5.10 Å². The second-order valence-corrected chi connectivity index (χ2v) is 5.15. The van der Waals surface area contributed by atoms with Crippen molar-refractivity contribution >= 4 is 6.29 Å². The first-order valence-electron chi connectivity index (χ1n) is 7.39. The van der Waals surface area contributed by atoms with Crippen molar-refractivity contribution in [2.24, 2.45) is 0 Å². The van der Waals surface area contributed by atoms with E-state index in [4.69, 9.17) is 9.47 Å². The van der Waals surface area contributed by atoms with Gasteiger partial charge >= 0.3 is 0 Å². The molecule has 0 atom stereocenters. The molecule has 1 aromatic heterocycles. The van der Waals surface area contributed by atoms with Gasteiger partial charge in [0.1, 0.15) is 18.8 Å². The molecule has 0 spiro atoms. The van der Waals surface area contributed by atoms with Gasteiger partial charge in [0, 0.05) is 23.8 Å². The maximum atomic E-state index is 11.0.